The van der Waals surface area contributed by atoms with Crippen molar-refractivity contribution in [3.8, 4) is 0 Å². The molecule has 1 aliphatic carbocycles. The van der Waals surface area contributed by atoms with Crippen molar-refractivity contribution in [3.63, 3.8) is 0 Å². The van der Waals surface area contributed by atoms with Gasteiger partial charge in [0.05, 0.1) is 12.1 Å². The lowest BCUT2D eigenvalue weighted by molar-refractivity contribution is 0.158. The smallest absolute Gasteiger partial charge is 0.0773 e. The lowest BCUT2D eigenvalue weighted by Crippen LogP contribution is -2.21. The molecule has 2 rings (SSSR count). The normalized spacial score (nSPS) is 28.5. The molecule has 0 radical (unpaired) electrons. The summed E-state index contributed by atoms with van der Waals surface area (Å²) in [6.07, 6.45) is 0.324. The first kappa shape index (κ1) is 6.83. The molecule has 1 aromatic rings. The zero-order valence-electron chi connectivity index (χ0n) is 6.20. The summed E-state index contributed by atoms with van der Waals surface area (Å²) in [4.78, 5) is 0. The van der Waals surface area contributed by atoms with Crippen molar-refractivity contribution in [2.45, 2.75) is 18.6 Å². The van der Waals surface area contributed by atoms with Crippen LogP contribution in [0.15, 0.2) is 24.3 Å². The SMILES string of the molecule is NC1c2ccccc2C[C@H]1O. The third-order valence-electron chi connectivity index (χ3n) is 2.26. The van der Waals surface area contributed by atoms with E-state index in [2.05, 4.69) is 0 Å². The van der Waals surface area contributed by atoms with Crippen molar-refractivity contribution < 1.29 is 5.11 Å². The zero-order valence-corrected chi connectivity index (χ0v) is 6.20. The zero-order chi connectivity index (χ0) is 7.84. The third kappa shape index (κ3) is 0.951. The highest BCUT2D eigenvalue weighted by Crippen LogP contribution is 2.28. The van der Waals surface area contributed by atoms with E-state index < -0.39 is 0 Å². The van der Waals surface area contributed by atoms with E-state index in [9.17, 15) is 5.11 Å². The number of aliphatic hydroxyl groups is 1. The average Bonchev–Trinajstić information content (AvgIpc) is 2.30. The highest BCUT2D eigenvalue weighted by atomic mass is 16.3. The van der Waals surface area contributed by atoms with E-state index in [0.29, 0.717) is 6.42 Å². The van der Waals surface area contributed by atoms with Crippen LogP contribution in [-0.2, 0) is 6.42 Å². The van der Waals surface area contributed by atoms with E-state index in [-0.39, 0.29) is 12.1 Å². The van der Waals surface area contributed by atoms with Gasteiger partial charge in [0.15, 0.2) is 0 Å². The molecule has 0 spiro atoms. The molecule has 1 aliphatic rings. The molecule has 3 N–H and O–H groups in total. The Labute approximate surface area is 65.7 Å². The van der Waals surface area contributed by atoms with E-state index in [4.69, 9.17) is 5.73 Å². The fourth-order valence-corrected chi connectivity index (χ4v) is 1.60. The van der Waals surface area contributed by atoms with E-state index in [1.165, 1.54) is 5.56 Å². The standard InChI is InChI=1S/C9H11NO/c10-9-7-4-2-1-3-6(7)5-8(9)11/h1-4,8-9,11H,5,10H2/t8-,9?/m1/s1. The summed E-state index contributed by atoms with van der Waals surface area (Å²) >= 11 is 0. The van der Waals surface area contributed by atoms with Gasteiger partial charge in [-0.05, 0) is 11.1 Å². The summed E-state index contributed by atoms with van der Waals surface area (Å²) in [5.41, 5.74) is 8.02. The Morgan fingerprint density at radius 2 is 2.09 bits per heavy atom. The number of nitrogens with two attached hydrogens (primary N) is 1. The van der Waals surface area contributed by atoms with Gasteiger partial charge < -0.3 is 10.8 Å². The average molecular weight is 149 g/mol. The van der Waals surface area contributed by atoms with Crippen molar-refractivity contribution in [2.24, 2.45) is 5.73 Å². The molecule has 0 fully saturated rings. The Hall–Kier alpha value is -0.860. The minimum absolute atomic E-state index is 0.175. The Morgan fingerprint density at radius 3 is 2.82 bits per heavy atom. The highest BCUT2D eigenvalue weighted by molar-refractivity contribution is 5.35. The van der Waals surface area contributed by atoms with Crippen LogP contribution in [0.3, 0.4) is 0 Å². The van der Waals surface area contributed by atoms with Crippen LogP contribution in [-0.4, -0.2) is 11.2 Å². The minimum atomic E-state index is -0.382. The van der Waals surface area contributed by atoms with Crippen LogP contribution >= 0.6 is 0 Å². The predicted molar refractivity (Wildman–Crippen MR) is 43.1 cm³/mol. The fourth-order valence-electron chi connectivity index (χ4n) is 1.60. The predicted octanol–water partition coefficient (Wildman–Crippen LogP) is 0.603. The number of benzene rings is 1. The molecule has 0 saturated carbocycles. The van der Waals surface area contributed by atoms with Gasteiger partial charge in [0.1, 0.15) is 0 Å². The molecule has 0 bridgehead atoms. The monoisotopic (exact) mass is 149 g/mol. The molecule has 2 atom stereocenters. The second kappa shape index (κ2) is 2.32. The molecular formula is C9H11NO. The van der Waals surface area contributed by atoms with Crippen molar-refractivity contribution in [2.75, 3.05) is 0 Å². The molecule has 2 nitrogen and oxygen atoms in total. The molecule has 0 aliphatic heterocycles. The lowest BCUT2D eigenvalue weighted by Gasteiger charge is -2.07. The van der Waals surface area contributed by atoms with Crippen LogP contribution in [0.25, 0.3) is 0 Å². The second-order valence-electron chi connectivity index (χ2n) is 3.00. The largest absolute Gasteiger partial charge is 0.391 e. The van der Waals surface area contributed by atoms with E-state index in [0.717, 1.165) is 5.56 Å². The molecule has 58 valence electrons. The van der Waals surface area contributed by atoms with Gasteiger partial charge in [0.25, 0.3) is 0 Å². The van der Waals surface area contributed by atoms with Gasteiger partial charge in [-0.15, -0.1) is 0 Å². The summed E-state index contributed by atoms with van der Waals surface area (Å²) in [7, 11) is 0. The first-order valence-corrected chi connectivity index (χ1v) is 3.80. The van der Waals surface area contributed by atoms with E-state index in [1.807, 2.05) is 24.3 Å². The van der Waals surface area contributed by atoms with E-state index >= 15 is 0 Å². The van der Waals surface area contributed by atoms with Gasteiger partial charge in [-0.2, -0.15) is 0 Å². The third-order valence-corrected chi connectivity index (χ3v) is 2.26. The topological polar surface area (TPSA) is 46.2 Å². The Morgan fingerprint density at radius 1 is 1.36 bits per heavy atom. The van der Waals surface area contributed by atoms with Crippen LogP contribution in [0.5, 0.6) is 0 Å². The number of rotatable bonds is 0. The van der Waals surface area contributed by atoms with Crippen LogP contribution in [0.4, 0.5) is 0 Å². The molecule has 1 unspecified atom stereocenters. The molecule has 1 aromatic carbocycles. The minimum Gasteiger partial charge on any atom is -0.391 e. The maximum Gasteiger partial charge on any atom is 0.0773 e. The van der Waals surface area contributed by atoms with Crippen LogP contribution < -0.4 is 5.73 Å². The number of hydrogen-bond acceptors (Lipinski definition) is 2. The van der Waals surface area contributed by atoms with Crippen LogP contribution in [0, 0.1) is 0 Å². The molecule has 11 heavy (non-hydrogen) atoms. The second-order valence-corrected chi connectivity index (χ2v) is 3.00. The lowest BCUT2D eigenvalue weighted by atomic mass is 10.1. The molecule has 0 saturated heterocycles. The summed E-state index contributed by atoms with van der Waals surface area (Å²) in [5, 5.41) is 9.39. The Kier molecular flexibility index (Phi) is 1.44. The van der Waals surface area contributed by atoms with Crippen molar-refractivity contribution in [1.29, 1.82) is 0 Å². The summed E-state index contributed by atoms with van der Waals surface area (Å²) in [6, 6.07) is 7.76. The quantitative estimate of drug-likeness (QED) is 0.567. The first-order chi connectivity index (χ1) is 5.29. The number of hydrogen-bond donors (Lipinski definition) is 2. The summed E-state index contributed by atoms with van der Waals surface area (Å²) in [5.74, 6) is 0. The maximum absolute atomic E-state index is 9.39. The molecule has 2 heteroatoms. The Balaban J connectivity index is 2.47. The summed E-state index contributed by atoms with van der Waals surface area (Å²) in [6.45, 7) is 0. The first-order valence-electron chi connectivity index (χ1n) is 3.80. The molecular weight excluding hydrogens is 138 g/mol. The van der Waals surface area contributed by atoms with E-state index in [1.54, 1.807) is 0 Å². The van der Waals surface area contributed by atoms with Gasteiger partial charge >= 0.3 is 0 Å². The number of aliphatic hydroxyl groups excluding tert-OH is 1. The Bertz CT molecular complexity index is 272. The van der Waals surface area contributed by atoms with Gasteiger partial charge in [-0.1, -0.05) is 24.3 Å². The van der Waals surface area contributed by atoms with Crippen molar-refractivity contribution in [3.05, 3.63) is 35.4 Å². The van der Waals surface area contributed by atoms with Gasteiger partial charge in [-0.3, -0.25) is 0 Å². The molecule has 0 aromatic heterocycles. The van der Waals surface area contributed by atoms with Gasteiger partial charge in [0, 0.05) is 6.42 Å². The van der Waals surface area contributed by atoms with Crippen molar-refractivity contribution in [1.82, 2.24) is 0 Å². The number of fused-ring (bicyclic) bond motifs is 1. The fraction of sp³-hybridized carbons (Fsp3) is 0.333. The summed E-state index contributed by atoms with van der Waals surface area (Å²) < 4.78 is 0. The molecule has 0 amide bonds. The van der Waals surface area contributed by atoms with Crippen LogP contribution in [0.2, 0.25) is 0 Å². The van der Waals surface area contributed by atoms with Crippen LogP contribution in [0.1, 0.15) is 17.2 Å². The maximum atomic E-state index is 9.39. The highest BCUT2D eigenvalue weighted by Gasteiger charge is 2.26. The molecule has 0 heterocycles. The van der Waals surface area contributed by atoms with Gasteiger partial charge in [0.2, 0.25) is 0 Å². The van der Waals surface area contributed by atoms with Crippen molar-refractivity contribution >= 4 is 0 Å². The van der Waals surface area contributed by atoms with Gasteiger partial charge in [-0.25, -0.2) is 0 Å².